The molecule has 17 heavy (non-hydrogen) atoms. The average Bonchev–Trinajstić information content (AvgIpc) is 3.08. The Hall–Kier alpha value is -0.810. The molecule has 1 N–H and O–H groups in total. The van der Waals surface area contributed by atoms with Gasteiger partial charge in [-0.1, -0.05) is 0 Å². The largest absolute Gasteiger partial charge is 0.298 e. The number of nitrogens with one attached hydrogen (secondary N) is 1. The molecule has 1 aromatic rings. The number of nitrogens with zero attached hydrogens (tertiary/aromatic N) is 3. The van der Waals surface area contributed by atoms with E-state index < -0.39 is 0 Å². The third-order valence-electron chi connectivity index (χ3n) is 3.38. The van der Waals surface area contributed by atoms with Gasteiger partial charge < -0.3 is 0 Å². The van der Waals surface area contributed by atoms with E-state index >= 15 is 0 Å². The molecule has 1 saturated carbocycles. The van der Waals surface area contributed by atoms with E-state index in [4.69, 9.17) is 0 Å². The first-order chi connectivity index (χ1) is 8.33. The Morgan fingerprint density at radius 3 is 3.00 bits per heavy atom. The summed E-state index contributed by atoms with van der Waals surface area (Å²) in [7, 11) is 2.17. The molecule has 2 aliphatic rings. The summed E-state index contributed by atoms with van der Waals surface area (Å²) in [4.78, 5) is 11.3. The second-order valence-corrected chi connectivity index (χ2v) is 5.97. The Balaban J connectivity index is 1.68. The first-order valence-electron chi connectivity index (χ1n) is 6.28. The molecule has 0 aromatic carbocycles. The summed E-state index contributed by atoms with van der Waals surface area (Å²) in [5, 5.41) is 0.774. The van der Waals surface area contributed by atoms with Crippen molar-refractivity contribution in [1.82, 2.24) is 14.9 Å². The third kappa shape index (κ3) is 2.72. The molecule has 5 heteroatoms. The van der Waals surface area contributed by atoms with Crippen LogP contribution in [0, 0.1) is 0 Å². The summed E-state index contributed by atoms with van der Waals surface area (Å²) in [6.45, 7) is 1.17. The average molecular weight is 250 g/mol. The lowest BCUT2D eigenvalue weighted by atomic mass is 10.1. The zero-order valence-electron chi connectivity index (χ0n) is 10.1. The molecular weight excluding hydrogens is 232 g/mol. The lowest BCUT2D eigenvalue weighted by Gasteiger charge is -2.18. The maximum Gasteiger partial charge on any atom is 0.233 e. The van der Waals surface area contributed by atoms with Gasteiger partial charge >= 0.3 is 0 Å². The van der Waals surface area contributed by atoms with Gasteiger partial charge in [-0.25, -0.2) is 9.97 Å². The summed E-state index contributed by atoms with van der Waals surface area (Å²) < 4.78 is 3.26. The fourth-order valence-corrected chi connectivity index (χ4v) is 2.96. The smallest absolute Gasteiger partial charge is 0.233 e. The van der Waals surface area contributed by atoms with Crippen LogP contribution in [0.4, 0.5) is 5.95 Å². The molecule has 1 saturated heterocycles. The van der Waals surface area contributed by atoms with Crippen molar-refractivity contribution in [1.29, 1.82) is 0 Å². The highest BCUT2D eigenvalue weighted by atomic mass is 32.2. The van der Waals surface area contributed by atoms with Crippen molar-refractivity contribution in [3.63, 3.8) is 0 Å². The minimum absolute atomic E-state index is 0.476. The van der Waals surface area contributed by atoms with Gasteiger partial charge in [-0.05, 0) is 57.3 Å². The number of likely N-dealkylation sites (tertiary alicyclic amines) is 1. The van der Waals surface area contributed by atoms with Crippen LogP contribution in [0.15, 0.2) is 12.3 Å². The Bertz CT molecular complexity index is 394. The van der Waals surface area contributed by atoms with Gasteiger partial charge in [-0.3, -0.25) is 9.62 Å². The molecule has 0 amide bonds. The van der Waals surface area contributed by atoms with E-state index in [1.807, 2.05) is 12.3 Å². The Morgan fingerprint density at radius 2 is 2.29 bits per heavy atom. The van der Waals surface area contributed by atoms with Gasteiger partial charge in [0, 0.05) is 11.4 Å². The quantitative estimate of drug-likeness (QED) is 0.831. The number of anilines is 1. The van der Waals surface area contributed by atoms with E-state index in [0.29, 0.717) is 6.04 Å². The predicted molar refractivity (Wildman–Crippen MR) is 70.9 cm³/mol. The number of aromatic nitrogens is 2. The highest BCUT2D eigenvalue weighted by Gasteiger charge is 2.25. The van der Waals surface area contributed by atoms with Crippen LogP contribution in [0.2, 0.25) is 0 Å². The van der Waals surface area contributed by atoms with Crippen molar-refractivity contribution in [2.45, 2.75) is 37.0 Å². The van der Waals surface area contributed by atoms with Crippen molar-refractivity contribution in [3.8, 4) is 0 Å². The third-order valence-corrected chi connectivity index (χ3v) is 4.49. The van der Waals surface area contributed by atoms with E-state index in [1.54, 1.807) is 11.9 Å². The predicted octanol–water partition coefficient (Wildman–Crippen LogP) is 2.47. The van der Waals surface area contributed by atoms with Crippen molar-refractivity contribution >= 4 is 17.9 Å². The van der Waals surface area contributed by atoms with E-state index in [0.717, 1.165) is 16.9 Å². The van der Waals surface area contributed by atoms with Gasteiger partial charge in [0.15, 0.2) is 0 Å². The summed E-state index contributed by atoms with van der Waals surface area (Å²) in [5.41, 5.74) is 1.15. The van der Waals surface area contributed by atoms with E-state index in [1.165, 1.54) is 32.2 Å². The minimum Gasteiger partial charge on any atom is -0.298 e. The molecule has 4 nitrogen and oxygen atoms in total. The first kappa shape index (κ1) is 11.3. The molecule has 1 aliphatic heterocycles. The maximum absolute atomic E-state index is 4.62. The van der Waals surface area contributed by atoms with Crippen LogP contribution in [-0.2, 0) is 0 Å². The number of rotatable bonds is 4. The van der Waals surface area contributed by atoms with Gasteiger partial charge in [0.05, 0.1) is 11.7 Å². The van der Waals surface area contributed by atoms with Gasteiger partial charge in [0.1, 0.15) is 0 Å². The van der Waals surface area contributed by atoms with Crippen molar-refractivity contribution in [2.75, 3.05) is 18.3 Å². The highest BCUT2D eigenvalue weighted by Crippen LogP contribution is 2.34. The molecule has 1 aliphatic carbocycles. The lowest BCUT2D eigenvalue weighted by Crippen LogP contribution is -2.18. The summed E-state index contributed by atoms with van der Waals surface area (Å²) in [6, 6.07) is 2.52. The van der Waals surface area contributed by atoms with Crippen molar-refractivity contribution < 1.29 is 0 Å². The Kier molecular flexibility index (Phi) is 3.20. The van der Waals surface area contributed by atoms with Crippen molar-refractivity contribution in [2.24, 2.45) is 0 Å². The summed E-state index contributed by atoms with van der Waals surface area (Å²) in [5.74, 6) is 0.764. The van der Waals surface area contributed by atoms with Crippen LogP contribution in [-0.4, -0.2) is 33.7 Å². The van der Waals surface area contributed by atoms with Gasteiger partial charge in [-0.2, -0.15) is 0 Å². The second-order valence-electron chi connectivity index (χ2n) is 4.86. The molecule has 0 spiro atoms. The monoisotopic (exact) mass is 250 g/mol. The summed E-state index contributed by atoms with van der Waals surface area (Å²) >= 11 is 1.76. The standard InChI is InChI=1S/C12H18N4S/c1-16-8-2-3-11(16)10-6-7-13-12(14-10)15-17-9-4-5-9/h6-7,9,11H,2-5,8H2,1H3,(H,13,14,15). The van der Waals surface area contributed by atoms with Crippen LogP contribution >= 0.6 is 11.9 Å². The molecular formula is C12H18N4S. The molecule has 2 fully saturated rings. The molecule has 0 radical (unpaired) electrons. The van der Waals surface area contributed by atoms with E-state index in [-0.39, 0.29) is 0 Å². The zero-order chi connectivity index (χ0) is 11.7. The first-order valence-corrected chi connectivity index (χ1v) is 7.16. The fourth-order valence-electron chi connectivity index (χ4n) is 2.21. The van der Waals surface area contributed by atoms with Crippen LogP contribution in [0.3, 0.4) is 0 Å². The molecule has 92 valence electrons. The second kappa shape index (κ2) is 4.82. The number of hydrogen-bond donors (Lipinski definition) is 1. The van der Waals surface area contributed by atoms with E-state index in [9.17, 15) is 0 Å². The highest BCUT2D eigenvalue weighted by molar-refractivity contribution is 8.01. The molecule has 2 heterocycles. The van der Waals surface area contributed by atoms with Crippen LogP contribution in [0.25, 0.3) is 0 Å². The van der Waals surface area contributed by atoms with Gasteiger partial charge in [0.2, 0.25) is 5.95 Å². The minimum atomic E-state index is 0.476. The molecule has 3 rings (SSSR count). The summed E-state index contributed by atoms with van der Waals surface area (Å²) in [6.07, 6.45) is 6.99. The fraction of sp³-hybridized carbons (Fsp3) is 0.667. The van der Waals surface area contributed by atoms with Crippen LogP contribution in [0.1, 0.15) is 37.4 Å². The lowest BCUT2D eigenvalue weighted by molar-refractivity contribution is 0.312. The topological polar surface area (TPSA) is 41.1 Å². The molecule has 1 unspecified atom stereocenters. The normalized spacial score (nSPS) is 25.1. The SMILES string of the molecule is CN1CCCC1c1ccnc(NSC2CC2)n1. The number of hydrogen-bond acceptors (Lipinski definition) is 5. The van der Waals surface area contributed by atoms with E-state index in [2.05, 4.69) is 26.6 Å². The van der Waals surface area contributed by atoms with Gasteiger partial charge in [-0.15, -0.1) is 0 Å². The molecule has 1 atom stereocenters. The van der Waals surface area contributed by atoms with Crippen LogP contribution in [0.5, 0.6) is 0 Å². The van der Waals surface area contributed by atoms with Crippen molar-refractivity contribution in [3.05, 3.63) is 18.0 Å². The Labute approximate surface area is 106 Å². The Morgan fingerprint density at radius 1 is 1.41 bits per heavy atom. The maximum atomic E-state index is 4.62. The van der Waals surface area contributed by atoms with Crippen LogP contribution < -0.4 is 4.72 Å². The zero-order valence-corrected chi connectivity index (χ0v) is 10.9. The molecule has 1 aromatic heterocycles. The molecule has 0 bridgehead atoms. The van der Waals surface area contributed by atoms with Gasteiger partial charge in [0.25, 0.3) is 0 Å².